The smallest absolute Gasteiger partial charge is 0.380 e. The first-order valence-electron chi connectivity index (χ1n) is 13.2. The summed E-state index contributed by atoms with van der Waals surface area (Å²) >= 11 is 1.33. The Bertz CT molecular complexity index is 1420. The number of nitrogens with two attached hydrogens (primary N) is 1. The van der Waals surface area contributed by atoms with Crippen molar-refractivity contribution in [3.63, 3.8) is 0 Å². The summed E-state index contributed by atoms with van der Waals surface area (Å²) in [5, 5.41) is 7.84. The molecule has 2 aromatic carbocycles. The quantitative estimate of drug-likeness (QED) is 0.313. The van der Waals surface area contributed by atoms with E-state index in [1.165, 1.54) is 11.8 Å². The average molecular weight is 653 g/mol. The number of primary sulfonamides is 1. The predicted molar refractivity (Wildman–Crippen MR) is 154 cm³/mol. The van der Waals surface area contributed by atoms with Gasteiger partial charge in [0.15, 0.2) is 0 Å². The summed E-state index contributed by atoms with van der Waals surface area (Å²) in [7, 11) is -10.5. The number of amides is 1. The van der Waals surface area contributed by atoms with Crippen LogP contribution in [0.5, 0.6) is 0 Å². The lowest BCUT2D eigenvalue weighted by Gasteiger charge is -2.36. The van der Waals surface area contributed by atoms with E-state index in [1.54, 1.807) is 17.0 Å². The first-order valence-corrected chi connectivity index (χ1v) is 17.2. The zero-order valence-electron chi connectivity index (χ0n) is 23.2. The van der Waals surface area contributed by atoms with Gasteiger partial charge in [0.25, 0.3) is 9.84 Å². The molecule has 42 heavy (non-hydrogen) atoms. The summed E-state index contributed by atoms with van der Waals surface area (Å²) < 4.78 is 95.2. The van der Waals surface area contributed by atoms with Gasteiger partial charge in [-0.05, 0) is 43.4 Å². The topological polar surface area (TPSA) is 139 Å². The number of alkyl halides is 3. The lowest BCUT2D eigenvalue weighted by molar-refractivity contribution is -0.139. The van der Waals surface area contributed by atoms with Gasteiger partial charge < -0.3 is 19.9 Å². The molecule has 3 N–H and O–H groups in total. The number of carbonyl (C=O) groups is 1. The molecule has 16 heteroatoms. The van der Waals surface area contributed by atoms with Crippen molar-refractivity contribution >= 4 is 43.2 Å². The summed E-state index contributed by atoms with van der Waals surface area (Å²) in [6.45, 7) is 7.33. The minimum Gasteiger partial charge on any atom is -0.380 e. The fourth-order valence-electron chi connectivity index (χ4n) is 4.40. The molecule has 1 fully saturated rings. The first-order chi connectivity index (χ1) is 19.7. The highest BCUT2D eigenvalue weighted by atomic mass is 32.2. The standard InChI is InChI=1S/C26H35F3N4O6S3/c1-3-32(4-2)16-20-17-33(12-13-39-20)25(34)14-19(18-40-21-8-6-5-7-9-21)31-23-11-10-22(42(30,37)38)15-24(23)41(35,36)26(27,28)29/h5-11,15,19-20,31H,3-4,12-14,16-18H2,1-2H3,(H2,30,37,38)/t19-,20+/m1/s1. The van der Waals surface area contributed by atoms with Crippen LogP contribution in [0.15, 0.2) is 63.2 Å². The van der Waals surface area contributed by atoms with E-state index in [2.05, 4.69) is 10.2 Å². The number of anilines is 1. The van der Waals surface area contributed by atoms with Gasteiger partial charge in [-0.1, -0.05) is 32.0 Å². The predicted octanol–water partition coefficient (Wildman–Crippen LogP) is 3.16. The maximum atomic E-state index is 13.6. The second kappa shape index (κ2) is 14.4. The molecule has 1 amide bonds. The van der Waals surface area contributed by atoms with Gasteiger partial charge in [-0.3, -0.25) is 4.79 Å². The third-order valence-electron chi connectivity index (χ3n) is 6.70. The Hall–Kier alpha value is -2.37. The molecule has 0 spiro atoms. The second-order valence-electron chi connectivity index (χ2n) is 9.64. The molecule has 0 bridgehead atoms. The maximum absolute atomic E-state index is 13.6. The highest BCUT2D eigenvalue weighted by Gasteiger charge is 2.48. The van der Waals surface area contributed by atoms with Crippen LogP contribution in [-0.4, -0.2) is 95.3 Å². The number of morpholine rings is 1. The van der Waals surface area contributed by atoms with Crippen LogP contribution in [0.25, 0.3) is 0 Å². The summed E-state index contributed by atoms with van der Waals surface area (Å²) in [5.74, 6) is -0.0961. The molecule has 0 radical (unpaired) electrons. The number of hydrogen-bond acceptors (Lipinski definition) is 9. The molecule has 0 unspecified atom stereocenters. The summed E-state index contributed by atoms with van der Waals surface area (Å²) in [6.07, 6.45) is -0.373. The molecule has 0 aromatic heterocycles. The van der Waals surface area contributed by atoms with Gasteiger partial charge in [0.1, 0.15) is 4.90 Å². The van der Waals surface area contributed by atoms with Crippen molar-refractivity contribution < 1.29 is 39.5 Å². The van der Waals surface area contributed by atoms with Crippen LogP contribution >= 0.6 is 11.8 Å². The van der Waals surface area contributed by atoms with E-state index in [1.807, 2.05) is 32.0 Å². The fourth-order valence-corrected chi connectivity index (χ4v) is 6.90. The Kier molecular flexibility index (Phi) is 11.7. The molecule has 3 rings (SSSR count). The SMILES string of the molecule is CCN(CC)C[C@H]1CN(C(=O)C[C@H](CSc2ccccc2)Nc2ccc(S(N)(=O)=O)cc2S(=O)(=O)C(F)(F)F)CCO1. The molecular formula is C26H35F3N4O6S3. The Morgan fingerprint density at radius 2 is 1.81 bits per heavy atom. The highest BCUT2D eigenvalue weighted by molar-refractivity contribution is 7.99. The zero-order chi connectivity index (χ0) is 31.1. The number of likely N-dealkylation sites (N-methyl/N-ethyl adjacent to an activating group) is 1. The first kappa shape index (κ1) is 34.1. The van der Waals surface area contributed by atoms with Crippen LogP contribution in [0.1, 0.15) is 20.3 Å². The van der Waals surface area contributed by atoms with E-state index in [-0.39, 0.29) is 24.2 Å². The van der Waals surface area contributed by atoms with Crippen LogP contribution in [0.3, 0.4) is 0 Å². The van der Waals surface area contributed by atoms with Gasteiger partial charge in [-0.2, -0.15) is 13.2 Å². The minimum atomic E-state index is -5.98. The molecule has 10 nitrogen and oxygen atoms in total. The molecule has 1 saturated heterocycles. The summed E-state index contributed by atoms with van der Waals surface area (Å²) in [5.41, 5.74) is -6.20. The number of sulfonamides is 1. The molecule has 0 aliphatic carbocycles. The van der Waals surface area contributed by atoms with Crippen LogP contribution in [0.4, 0.5) is 18.9 Å². The Morgan fingerprint density at radius 1 is 1.14 bits per heavy atom. The van der Waals surface area contributed by atoms with E-state index in [0.717, 1.165) is 30.1 Å². The van der Waals surface area contributed by atoms with Gasteiger partial charge >= 0.3 is 5.51 Å². The Labute approximate surface area is 248 Å². The van der Waals surface area contributed by atoms with Gasteiger partial charge in [-0.15, -0.1) is 11.8 Å². The van der Waals surface area contributed by atoms with Crippen molar-refractivity contribution in [3.8, 4) is 0 Å². The molecule has 2 aromatic rings. The summed E-state index contributed by atoms with van der Waals surface area (Å²) in [6, 6.07) is 10.5. The van der Waals surface area contributed by atoms with E-state index < -0.39 is 46.9 Å². The molecule has 1 heterocycles. The number of benzene rings is 2. The molecule has 0 saturated carbocycles. The second-order valence-corrected chi connectivity index (χ2v) is 14.2. The number of sulfone groups is 1. The monoisotopic (exact) mass is 652 g/mol. The molecule has 1 aliphatic rings. The van der Waals surface area contributed by atoms with Crippen molar-refractivity contribution in [1.29, 1.82) is 0 Å². The van der Waals surface area contributed by atoms with E-state index in [0.29, 0.717) is 32.3 Å². The van der Waals surface area contributed by atoms with E-state index >= 15 is 0 Å². The van der Waals surface area contributed by atoms with Gasteiger partial charge in [0, 0.05) is 42.7 Å². The third-order valence-corrected chi connectivity index (χ3v) is 10.3. The minimum absolute atomic E-state index is 0.166. The fraction of sp³-hybridized carbons (Fsp3) is 0.500. The van der Waals surface area contributed by atoms with Crippen molar-refractivity contribution in [1.82, 2.24) is 9.80 Å². The Balaban J connectivity index is 1.91. The number of ether oxygens (including phenoxy) is 1. The highest BCUT2D eigenvalue weighted by Crippen LogP contribution is 2.36. The number of carbonyl (C=O) groups excluding carboxylic acids is 1. The number of halogens is 3. The van der Waals surface area contributed by atoms with Crippen LogP contribution in [0, 0.1) is 0 Å². The van der Waals surface area contributed by atoms with Crippen LogP contribution in [-0.2, 0) is 29.4 Å². The van der Waals surface area contributed by atoms with Crippen molar-refractivity contribution in [3.05, 3.63) is 48.5 Å². The average Bonchev–Trinajstić information content (AvgIpc) is 2.94. The van der Waals surface area contributed by atoms with Crippen LogP contribution < -0.4 is 10.5 Å². The van der Waals surface area contributed by atoms with E-state index in [4.69, 9.17) is 9.88 Å². The van der Waals surface area contributed by atoms with Crippen molar-refractivity contribution in [2.24, 2.45) is 5.14 Å². The van der Waals surface area contributed by atoms with Gasteiger partial charge in [0.2, 0.25) is 15.9 Å². The maximum Gasteiger partial charge on any atom is 0.501 e. The van der Waals surface area contributed by atoms with Crippen molar-refractivity contribution in [2.45, 2.75) is 52.6 Å². The normalized spacial score (nSPS) is 17.3. The molecular weight excluding hydrogens is 618 g/mol. The number of rotatable bonds is 13. The third kappa shape index (κ3) is 9.07. The van der Waals surface area contributed by atoms with Gasteiger partial charge in [0.05, 0.1) is 23.3 Å². The number of hydrogen-bond donors (Lipinski definition) is 2. The number of nitrogens with zero attached hydrogens (tertiary/aromatic N) is 2. The van der Waals surface area contributed by atoms with Crippen molar-refractivity contribution in [2.75, 3.05) is 50.4 Å². The molecule has 234 valence electrons. The van der Waals surface area contributed by atoms with Crippen LogP contribution in [0.2, 0.25) is 0 Å². The zero-order valence-corrected chi connectivity index (χ0v) is 25.7. The number of nitrogens with one attached hydrogen (secondary N) is 1. The lowest BCUT2D eigenvalue weighted by Crippen LogP contribution is -2.50. The lowest BCUT2D eigenvalue weighted by atomic mass is 10.1. The van der Waals surface area contributed by atoms with Gasteiger partial charge in [-0.25, -0.2) is 22.0 Å². The summed E-state index contributed by atoms with van der Waals surface area (Å²) in [4.78, 5) is 16.0. The Morgan fingerprint density at radius 3 is 2.40 bits per heavy atom. The largest absolute Gasteiger partial charge is 0.501 e. The molecule has 2 atom stereocenters. The number of thioether (sulfide) groups is 1. The van der Waals surface area contributed by atoms with E-state index in [9.17, 15) is 34.8 Å². The molecule has 1 aliphatic heterocycles.